The second-order valence-corrected chi connectivity index (χ2v) is 4.72. The van der Waals surface area contributed by atoms with Crippen molar-refractivity contribution < 1.29 is 9.90 Å². The molecule has 1 fully saturated rings. The van der Waals surface area contributed by atoms with Gasteiger partial charge in [0.05, 0.1) is 0 Å². The van der Waals surface area contributed by atoms with Crippen LogP contribution in [0.4, 0.5) is 0 Å². The summed E-state index contributed by atoms with van der Waals surface area (Å²) in [4.78, 5) is 10.5. The van der Waals surface area contributed by atoms with Gasteiger partial charge in [-0.3, -0.25) is 0 Å². The Morgan fingerprint density at radius 2 is 2.29 bits per heavy atom. The van der Waals surface area contributed by atoms with E-state index in [9.17, 15) is 4.79 Å². The monoisotopic (exact) mass is 197 g/mol. The largest absolute Gasteiger partial charge is 0.478 e. The van der Waals surface area contributed by atoms with Crippen LogP contribution in [0.15, 0.2) is 12.2 Å². The standard InChI is InChI=1S/C11H19NO2/c1-8(10(13)14)7-12-9-5-4-6-11(9,2)3/h9,12H,1,4-7H2,2-3H3,(H,13,14). The maximum Gasteiger partial charge on any atom is 0.332 e. The van der Waals surface area contributed by atoms with Crippen LogP contribution in [-0.2, 0) is 4.79 Å². The van der Waals surface area contributed by atoms with E-state index in [1.807, 2.05) is 0 Å². The maximum absolute atomic E-state index is 10.5. The zero-order valence-electron chi connectivity index (χ0n) is 8.97. The van der Waals surface area contributed by atoms with Gasteiger partial charge in [0.2, 0.25) is 0 Å². The van der Waals surface area contributed by atoms with Gasteiger partial charge in [0, 0.05) is 18.2 Å². The summed E-state index contributed by atoms with van der Waals surface area (Å²) in [6.07, 6.45) is 3.58. The highest BCUT2D eigenvalue weighted by Gasteiger charge is 2.33. The van der Waals surface area contributed by atoms with E-state index < -0.39 is 5.97 Å². The number of nitrogens with one attached hydrogen (secondary N) is 1. The summed E-state index contributed by atoms with van der Waals surface area (Å²) >= 11 is 0. The Labute approximate surface area is 85.2 Å². The number of carbonyl (C=O) groups is 1. The summed E-state index contributed by atoms with van der Waals surface area (Å²) < 4.78 is 0. The van der Waals surface area contributed by atoms with Crippen LogP contribution in [0.5, 0.6) is 0 Å². The third kappa shape index (κ3) is 2.58. The Hall–Kier alpha value is -0.830. The third-order valence-corrected chi connectivity index (χ3v) is 3.12. The number of carboxylic acid groups (broad SMARTS) is 1. The Bertz CT molecular complexity index is 246. The minimum Gasteiger partial charge on any atom is -0.478 e. The van der Waals surface area contributed by atoms with E-state index in [4.69, 9.17) is 5.11 Å². The summed E-state index contributed by atoms with van der Waals surface area (Å²) in [7, 11) is 0. The Kier molecular flexibility index (Phi) is 3.32. The molecule has 1 rings (SSSR count). The molecule has 1 saturated carbocycles. The smallest absolute Gasteiger partial charge is 0.332 e. The minimum absolute atomic E-state index is 0.243. The van der Waals surface area contributed by atoms with E-state index in [1.165, 1.54) is 12.8 Å². The second kappa shape index (κ2) is 4.13. The van der Waals surface area contributed by atoms with Gasteiger partial charge in [-0.15, -0.1) is 0 Å². The lowest BCUT2D eigenvalue weighted by Gasteiger charge is -2.27. The van der Waals surface area contributed by atoms with Gasteiger partial charge in [-0.1, -0.05) is 26.8 Å². The minimum atomic E-state index is -0.909. The molecule has 3 heteroatoms. The molecule has 1 aliphatic rings. The highest BCUT2D eigenvalue weighted by atomic mass is 16.4. The molecule has 1 atom stereocenters. The molecule has 80 valence electrons. The van der Waals surface area contributed by atoms with Crippen LogP contribution in [0.25, 0.3) is 0 Å². The van der Waals surface area contributed by atoms with Crippen LogP contribution in [0.2, 0.25) is 0 Å². The zero-order chi connectivity index (χ0) is 10.8. The molecule has 0 radical (unpaired) electrons. The van der Waals surface area contributed by atoms with E-state index in [0.29, 0.717) is 18.0 Å². The van der Waals surface area contributed by atoms with E-state index >= 15 is 0 Å². The number of hydrogen-bond acceptors (Lipinski definition) is 2. The average Bonchev–Trinajstić information content (AvgIpc) is 2.40. The quantitative estimate of drug-likeness (QED) is 0.676. The molecule has 1 aliphatic carbocycles. The highest BCUT2D eigenvalue weighted by Crippen LogP contribution is 2.37. The molecule has 0 saturated heterocycles. The van der Waals surface area contributed by atoms with Crippen molar-refractivity contribution in [2.45, 2.75) is 39.2 Å². The lowest BCUT2D eigenvalue weighted by Crippen LogP contribution is -2.39. The van der Waals surface area contributed by atoms with E-state index in [0.717, 1.165) is 6.42 Å². The maximum atomic E-state index is 10.5. The first kappa shape index (κ1) is 11.2. The fourth-order valence-corrected chi connectivity index (χ4v) is 2.03. The molecular weight excluding hydrogens is 178 g/mol. The summed E-state index contributed by atoms with van der Waals surface area (Å²) in [5.74, 6) is -0.909. The molecule has 0 spiro atoms. The molecule has 1 unspecified atom stereocenters. The topological polar surface area (TPSA) is 49.3 Å². The van der Waals surface area contributed by atoms with Crippen molar-refractivity contribution in [1.29, 1.82) is 0 Å². The Balaban J connectivity index is 2.38. The number of carboxylic acids is 1. The lowest BCUT2D eigenvalue weighted by atomic mass is 9.87. The molecule has 0 aliphatic heterocycles. The van der Waals surface area contributed by atoms with Gasteiger partial charge >= 0.3 is 5.97 Å². The highest BCUT2D eigenvalue weighted by molar-refractivity contribution is 5.86. The second-order valence-electron chi connectivity index (χ2n) is 4.72. The molecule has 0 aromatic carbocycles. The molecule has 2 N–H and O–H groups in total. The molecule has 3 nitrogen and oxygen atoms in total. The van der Waals surface area contributed by atoms with Crippen molar-refractivity contribution >= 4 is 5.97 Å². The Morgan fingerprint density at radius 3 is 2.71 bits per heavy atom. The van der Waals surface area contributed by atoms with Crippen LogP contribution in [0, 0.1) is 5.41 Å². The summed E-state index contributed by atoms with van der Waals surface area (Å²) in [5, 5.41) is 11.9. The molecule has 0 amide bonds. The van der Waals surface area contributed by atoms with Crippen molar-refractivity contribution in [3.63, 3.8) is 0 Å². The van der Waals surface area contributed by atoms with Gasteiger partial charge in [-0.25, -0.2) is 4.79 Å². The zero-order valence-corrected chi connectivity index (χ0v) is 8.97. The van der Waals surface area contributed by atoms with Crippen molar-refractivity contribution in [2.75, 3.05) is 6.54 Å². The summed E-state index contributed by atoms with van der Waals surface area (Å²) in [6.45, 7) is 8.34. The van der Waals surface area contributed by atoms with Crippen LogP contribution < -0.4 is 5.32 Å². The van der Waals surface area contributed by atoms with Crippen LogP contribution >= 0.6 is 0 Å². The van der Waals surface area contributed by atoms with Gasteiger partial charge in [-0.2, -0.15) is 0 Å². The van der Waals surface area contributed by atoms with Crippen LogP contribution in [-0.4, -0.2) is 23.7 Å². The molecule has 0 heterocycles. The van der Waals surface area contributed by atoms with Crippen molar-refractivity contribution in [1.82, 2.24) is 5.32 Å². The van der Waals surface area contributed by atoms with Crippen molar-refractivity contribution in [3.8, 4) is 0 Å². The fourth-order valence-electron chi connectivity index (χ4n) is 2.03. The first-order chi connectivity index (χ1) is 6.43. The van der Waals surface area contributed by atoms with E-state index in [-0.39, 0.29) is 5.57 Å². The van der Waals surface area contributed by atoms with Crippen molar-refractivity contribution in [2.24, 2.45) is 5.41 Å². The number of aliphatic carboxylic acids is 1. The predicted molar refractivity (Wildman–Crippen MR) is 56.2 cm³/mol. The average molecular weight is 197 g/mol. The predicted octanol–water partition coefficient (Wildman–Crippen LogP) is 1.80. The van der Waals surface area contributed by atoms with E-state index in [1.54, 1.807) is 0 Å². The first-order valence-electron chi connectivity index (χ1n) is 5.08. The molecule has 0 aromatic rings. The van der Waals surface area contributed by atoms with Gasteiger partial charge in [0.15, 0.2) is 0 Å². The van der Waals surface area contributed by atoms with Gasteiger partial charge < -0.3 is 10.4 Å². The van der Waals surface area contributed by atoms with Crippen LogP contribution in [0.3, 0.4) is 0 Å². The molecular formula is C11H19NO2. The SMILES string of the molecule is C=C(CNC1CCCC1(C)C)C(=O)O. The molecule has 0 bridgehead atoms. The van der Waals surface area contributed by atoms with Crippen molar-refractivity contribution in [3.05, 3.63) is 12.2 Å². The lowest BCUT2D eigenvalue weighted by molar-refractivity contribution is -0.132. The van der Waals surface area contributed by atoms with Gasteiger partial charge in [0.25, 0.3) is 0 Å². The summed E-state index contributed by atoms with van der Waals surface area (Å²) in [6, 6.07) is 0.429. The van der Waals surface area contributed by atoms with Crippen LogP contribution in [0.1, 0.15) is 33.1 Å². The molecule has 0 aromatic heterocycles. The van der Waals surface area contributed by atoms with Gasteiger partial charge in [-0.05, 0) is 18.3 Å². The normalized spacial score (nSPS) is 24.9. The summed E-state index contributed by atoms with van der Waals surface area (Å²) in [5.41, 5.74) is 0.534. The first-order valence-corrected chi connectivity index (χ1v) is 5.08. The van der Waals surface area contributed by atoms with E-state index in [2.05, 4.69) is 25.7 Å². The third-order valence-electron chi connectivity index (χ3n) is 3.12. The fraction of sp³-hybridized carbons (Fsp3) is 0.727. The Morgan fingerprint density at radius 1 is 1.64 bits per heavy atom. The number of hydrogen-bond donors (Lipinski definition) is 2. The number of rotatable bonds is 4. The van der Waals surface area contributed by atoms with Gasteiger partial charge in [0.1, 0.15) is 0 Å². The molecule has 14 heavy (non-hydrogen) atoms.